The van der Waals surface area contributed by atoms with Crippen molar-refractivity contribution in [3.8, 4) is 0 Å². The standard InChI is InChI=1S/C10H7F2N3O2/c11-7-2-1-3-8(12)6(7)4-15-5-9(10(16)17)13-14-15/h1-3,5H,4H2,(H,16,17)/i4D2. The molecule has 0 atom stereocenters. The van der Waals surface area contributed by atoms with Gasteiger partial charge in [0, 0.05) is 5.56 Å². The molecule has 0 bridgehead atoms. The Labute approximate surface area is 97.1 Å². The molecule has 2 aromatic rings. The summed E-state index contributed by atoms with van der Waals surface area (Å²) in [5.74, 6) is -3.62. The summed E-state index contributed by atoms with van der Waals surface area (Å²) >= 11 is 0. The van der Waals surface area contributed by atoms with Gasteiger partial charge in [0.25, 0.3) is 0 Å². The molecule has 0 aliphatic rings. The first-order valence-corrected chi connectivity index (χ1v) is 4.44. The summed E-state index contributed by atoms with van der Waals surface area (Å²) in [5, 5.41) is 15.1. The maximum absolute atomic E-state index is 13.5. The molecule has 0 unspecified atom stereocenters. The Morgan fingerprint density at radius 3 is 2.65 bits per heavy atom. The van der Waals surface area contributed by atoms with Crippen molar-refractivity contribution in [3.05, 3.63) is 47.3 Å². The average molecular weight is 241 g/mol. The summed E-state index contributed by atoms with van der Waals surface area (Å²) in [6, 6.07) is 2.88. The highest BCUT2D eigenvalue weighted by Gasteiger charge is 2.12. The Morgan fingerprint density at radius 1 is 1.47 bits per heavy atom. The molecular formula is C10H7F2N3O2. The van der Waals surface area contributed by atoms with Gasteiger partial charge in [-0.25, -0.2) is 18.3 Å². The molecule has 0 fully saturated rings. The summed E-state index contributed by atoms with van der Waals surface area (Å²) in [4.78, 5) is 10.6. The number of aromatic carboxylic acids is 1. The van der Waals surface area contributed by atoms with Crippen LogP contribution in [0.4, 0.5) is 8.78 Å². The molecule has 0 saturated carbocycles. The van der Waals surface area contributed by atoms with Crippen LogP contribution >= 0.6 is 0 Å². The van der Waals surface area contributed by atoms with Crippen LogP contribution in [-0.4, -0.2) is 26.1 Å². The summed E-state index contributed by atoms with van der Waals surface area (Å²) < 4.78 is 42.9. The SMILES string of the molecule is [2H]C([2H])(c1c(F)cccc1F)n1cc(C(=O)O)nn1. The normalized spacial score (nSPS) is 13.1. The van der Waals surface area contributed by atoms with Crippen molar-refractivity contribution >= 4 is 5.97 Å². The highest BCUT2D eigenvalue weighted by atomic mass is 19.1. The zero-order valence-corrected chi connectivity index (χ0v) is 8.26. The van der Waals surface area contributed by atoms with E-state index in [0.29, 0.717) is 4.68 Å². The molecule has 0 amide bonds. The summed E-state index contributed by atoms with van der Waals surface area (Å²) in [5.41, 5.74) is -1.39. The van der Waals surface area contributed by atoms with E-state index in [2.05, 4.69) is 10.3 Å². The van der Waals surface area contributed by atoms with E-state index in [1.54, 1.807) is 0 Å². The zero-order chi connectivity index (χ0) is 14.2. The number of nitrogens with zero attached hydrogens (tertiary/aromatic N) is 3. The third kappa shape index (κ3) is 2.27. The smallest absolute Gasteiger partial charge is 0.358 e. The third-order valence-corrected chi connectivity index (χ3v) is 1.90. The van der Waals surface area contributed by atoms with Gasteiger partial charge in [0.1, 0.15) is 11.6 Å². The molecule has 7 heteroatoms. The van der Waals surface area contributed by atoms with E-state index in [0.717, 1.165) is 24.4 Å². The number of halogens is 2. The Kier molecular flexibility index (Phi) is 2.22. The van der Waals surface area contributed by atoms with Crippen LogP contribution in [0.2, 0.25) is 0 Å². The van der Waals surface area contributed by atoms with Crippen LogP contribution in [-0.2, 0) is 6.50 Å². The van der Waals surface area contributed by atoms with Crippen LogP contribution in [0, 0.1) is 11.6 Å². The Morgan fingerprint density at radius 2 is 2.12 bits per heavy atom. The fraction of sp³-hybridized carbons (Fsp3) is 0.100. The van der Waals surface area contributed by atoms with Crippen molar-refractivity contribution in [2.75, 3.05) is 0 Å². The zero-order valence-electron chi connectivity index (χ0n) is 10.3. The molecule has 0 aliphatic carbocycles. The maximum atomic E-state index is 13.5. The van der Waals surface area contributed by atoms with Crippen molar-refractivity contribution in [3.63, 3.8) is 0 Å². The molecule has 1 heterocycles. The maximum Gasteiger partial charge on any atom is 0.358 e. The molecule has 17 heavy (non-hydrogen) atoms. The summed E-state index contributed by atoms with van der Waals surface area (Å²) in [7, 11) is 0. The van der Waals surface area contributed by atoms with E-state index < -0.39 is 35.4 Å². The van der Waals surface area contributed by atoms with Crippen molar-refractivity contribution < 1.29 is 21.4 Å². The second kappa shape index (κ2) is 4.28. The highest BCUT2D eigenvalue weighted by molar-refractivity contribution is 5.84. The number of benzene rings is 1. The van der Waals surface area contributed by atoms with Gasteiger partial charge in [0.15, 0.2) is 5.69 Å². The van der Waals surface area contributed by atoms with Gasteiger partial charge in [-0.15, -0.1) is 5.10 Å². The molecule has 0 spiro atoms. The molecule has 2 rings (SSSR count). The Hall–Kier alpha value is -2.31. The first kappa shape index (κ1) is 8.80. The van der Waals surface area contributed by atoms with Crippen LogP contribution in [0.3, 0.4) is 0 Å². The lowest BCUT2D eigenvalue weighted by Crippen LogP contribution is -2.05. The van der Waals surface area contributed by atoms with Crippen LogP contribution in [0.1, 0.15) is 18.8 Å². The topological polar surface area (TPSA) is 68.0 Å². The number of carbonyl (C=O) groups is 1. The molecule has 5 nitrogen and oxygen atoms in total. The second-order valence-corrected chi connectivity index (χ2v) is 3.06. The number of carboxylic acids is 1. The van der Waals surface area contributed by atoms with Gasteiger partial charge in [0.05, 0.1) is 15.4 Å². The van der Waals surface area contributed by atoms with Gasteiger partial charge in [-0.2, -0.15) is 0 Å². The number of hydrogen-bond acceptors (Lipinski definition) is 3. The second-order valence-electron chi connectivity index (χ2n) is 3.06. The van der Waals surface area contributed by atoms with E-state index in [-0.39, 0.29) is 0 Å². The van der Waals surface area contributed by atoms with Crippen LogP contribution in [0.15, 0.2) is 24.4 Å². The molecule has 1 aromatic carbocycles. The number of hydrogen-bond donors (Lipinski definition) is 1. The first-order valence-electron chi connectivity index (χ1n) is 5.44. The lowest BCUT2D eigenvalue weighted by atomic mass is 10.2. The molecule has 0 saturated heterocycles. The van der Waals surface area contributed by atoms with E-state index in [9.17, 15) is 13.6 Å². The van der Waals surface area contributed by atoms with E-state index in [4.69, 9.17) is 7.85 Å². The molecule has 88 valence electrons. The molecule has 1 N–H and O–H groups in total. The lowest BCUT2D eigenvalue weighted by molar-refractivity contribution is 0.0690. The minimum Gasteiger partial charge on any atom is -0.476 e. The first-order chi connectivity index (χ1) is 8.84. The molecule has 1 aromatic heterocycles. The average Bonchev–Trinajstić information content (AvgIpc) is 2.78. The Balaban J connectivity index is 2.55. The highest BCUT2D eigenvalue weighted by Crippen LogP contribution is 2.13. The number of aromatic nitrogens is 3. The van der Waals surface area contributed by atoms with E-state index in [1.807, 2.05) is 0 Å². The van der Waals surface area contributed by atoms with Crippen LogP contribution < -0.4 is 0 Å². The molecule has 0 aliphatic heterocycles. The number of rotatable bonds is 3. The lowest BCUT2D eigenvalue weighted by Gasteiger charge is -2.03. The Bertz CT molecular complexity index is 625. The predicted octanol–water partition coefficient (Wildman–Crippen LogP) is 1.30. The van der Waals surface area contributed by atoms with Gasteiger partial charge in [-0.05, 0) is 12.1 Å². The van der Waals surface area contributed by atoms with Crippen LogP contribution in [0.25, 0.3) is 0 Å². The van der Waals surface area contributed by atoms with Gasteiger partial charge >= 0.3 is 5.97 Å². The number of carboxylic acid groups (broad SMARTS) is 1. The third-order valence-electron chi connectivity index (χ3n) is 1.90. The summed E-state index contributed by atoms with van der Waals surface area (Å²) in [6.07, 6.45) is 0.758. The molecule has 0 radical (unpaired) electrons. The van der Waals surface area contributed by atoms with Crippen molar-refractivity contribution in [2.24, 2.45) is 0 Å². The van der Waals surface area contributed by atoms with Gasteiger partial charge in [-0.3, -0.25) is 0 Å². The van der Waals surface area contributed by atoms with E-state index in [1.165, 1.54) is 0 Å². The fourth-order valence-electron chi connectivity index (χ4n) is 1.14. The minimum atomic E-state index is -2.70. The van der Waals surface area contributed by atoms with Gasteiger partial charge < -0.3 is 5.11 Å². The minimum absolute atomic E-state index is 0.456. The van der Waals surface area contributed by atoms with Crippen molar-refractivity contribution in [1.29, 1.82) is 0 Å². The molecular weight excluding hydrogens is 232 g/mol. The van der Waals surface area contributed by atoms with Crippen molar-refractivity contribution in [2.45, 2.75) is 6.50 Å². The predicted molar refractivity (Wildman–Crippen MR) is 52.4 cm³/mol. The van der Waals surface area contributed by atoms with Gasteiger partial charge in [0.2, 0.25) is 0 Å². The quantitative estimate of drug-likeness (QED) is 0.879. The van der Waals surface area contributed by atoms with Gasteiger partial charge in [-0.1, -0.05) is 11.3 Å². The monoisotopic (exact) mass is 241 g/mol. The fourth-order valence-corrected chi connectivity index (χ4v) is 1.14. The summed E-state index contributed by atoms with van der Waals surface area (Å²) in [6.45, 7) is -2.70. The largest absolute Gasteiger partial charge is 0.476 e. The van der Waals surface area contributed by atoms with E-state index >= 15 is 0 Å². The van der Waals surface area contributed by atoms with Crippen LogP contribution in [0.5, 0.6) is 0 Å². The van der Waals surface area contributed by atoms with Crippen molar-refractivity contribution in [1.82, 2.24) is 15.0 Å².